The number of piperidine rings is 1. The molecule has 1 aliphatic heterocycles. The van der Waals surface area contributed by atoms with E-state index in [1.54, 1.807) is 20.8 Å². The molecule has 0 amide bonds. The first kappa shape index (κ1) is 16.8. The van der Waals surface area contributed by atoms with Gasteiger partial charge in [0.05, 0.1) is 0 Å². The Kier molecular flexibility index (Phi) is 5.08. The molecular weight excluding hydrogens is 282 g/mol. The van der Waals surface area contributed by atoms with Gasteiger partial charge in [0, 0.05) is 12.6 Å². The third-order valence-corrected chi connectivity index (χ3v) is 3.69. The molecule has 0 spiro atoms. The van der Waals surface area contributed by atoms with Crippen molar-refractivity contribution in [1.29, 1.82) is 0 Å². The van der Waals surface area contributed by atoms with Crippen molar-refractivity contribution < 1.29 is 19.4 Å². The Labute approximate surface area is 131 Å². The summed E-state index contributed by atoms with van der Waals surface area (Å²) < 4.78 is 10.2. The lowest BCUT2D eigenvalue weighted by Crippen LogP contribution is -2.50. The molecule has 2 rings (SSSR count). The number of carbonyl (C=O) groups excluding carboxylic acids is 1. The standard InChI is InChI=1S/C17H25NO4/c1-16(2,3)22-15(19)21-11-14-9-10-17(20,12-18-14)13-7-5-4-6-8-13/h4-8,14,18,20H,9-12H2,1-3H3. The topological polar surface area (TPSA) is 67.8 Å². The monoisotopic (exact) mass is 307 g/mol. The Bertz CT molecular complexity index is 487. The van der Waals surface area contributed by atoms with E-state index in [1.807, 2.05) is 30.3 Å². The summed E-state index contributed by atoms with van der Waals surface area (Å²) in [5, 5.41) is 13.9. The lowest BCUT2D eigenvalue weighted by molar-refractivity contribution is -0.0265. The van der Waals surface area contributed by atoms with Crippen molar-refractivity contribution in [3.63, 3.8) is 0 Å². The van der Waals surface area contributed by atoms with Gasteiger partial charge in [-0.3, -0.25) is 0 Å². The van der Waals surface area contributed by atoms with Gasteiger partial charge in [0.1, 0.15) is 17.8 Å². The van der Waals surface area contributed by atoms with Crippen LogP contribution in [-0.2, 0) is 15.1 Å². The summed E-state index contributed by atoms with van der Waals surface area (Å²) in [6.07, 6.45) is 0.707. The van der Waals surface area contributed by atoms with Crippen LogP contribution in [0.3, 0.4) is 0 Å². The van der Waals surface area contributed by atoms with Crippen LogP contribution < -0.4 is 5.32 Å². The predicted molar refractivity (Wildman–Crippen MR) is 83.5 cm³/mol. The van der Waals surface area contributed by atoms with Crippen molar-refractivity contribution in [1.82, 2.24) is 5.32 Å². The van der Waals surface area contributed by atoms with E-state index in [0.717, 1.165) is 12.0 Å². The normalized spacial score (nSPS) is 25.5. The molecule has 0 radical (unpaired) electrons. The van der Waals surface area contributed by atoms with E-state index in [1.165, 1.54) is 0 Å². The molecule has 0 bridgehead atoms. The predicted octanol–water partition coefficient (Wildman–Crippen LogP) is 2.58. The van der Waals surface area contributed by atoms with Gasteiger partial charge in [-0.2, -0.15) is 0 Å². The van der Waals surface area contributed by atoms with Gasteiger partial charge in [-0.25, -0.2) is 4.79 Å². The minimum atomic E-state index is -0.857. The number of β-amino-alcohol motifs (C(OH)–C–C–N with tert-alkyl or cyclic N) is 1. The van der Waals surface area contributed by atoms with E-state index in [-0.39, 0.29) is 12.6 Å². The Morgan fingerprint density at radius 1 is 1.36 bits per heavy atom. The molecule has 5 heteroatoms. The summed E-state index contributed by atoms with van der Waals surface area (Å²) in [7, 11) is 0. The van der Waals surface area contributed by atoms with Crippen molar-refractivity contribution in [3.05, 3.63) is 35.9 Å². The van der Waals surface area contributed by atoms with Crippen LogP contribution in [0.4, 0.5) is 4.79 Å². The van der Waals surface area contributed by atoms with Crippen LogP contribution in [0.1, 0.15) is 39.2 Å². The fourth-order valence-electron chi connectivity index (χ4n) is 2.50. The first-order chi connectivity index (χ1) is 10.3. The fraction of sp³-hybridized carbons (Fsp3) is 0.588. The number of hydrogen-bond acceptors (Lipinski definition) is 5. The van der Waals surface area contributed by atoms with Crippen molar-refractivity contribution in [2.45, 2.75) is 50.9 Å². The molecule has 0 aliphatic carbocycles. The highest BCUT2D eigenvalue weighted by Gasteiger charge is 2.34. The van der Waals surface area contributed by atoms with E-state index >= 15 is 0 Å². The SMILES string of the molecule is CC(C)(C)OC(=O)OCC1CCC(O)(c2ccccc2)CN1. The molecule has 1 saturated heterocycles. The first-order valence-electron chi connectivity index (χ1n) is 7.66. The zero-order chi connectivity index (χ0) is 16.2. The van der Waals surface area contributed by atoms with Crippen LogP contribution in [0.15, 0.2) is 30.3 Å². The minimum absolute atomic E-state index is 0.0384. The van der Waals surface area contributed by atoms with Gasteiger partial charge in [-0.1, -0.05) is 30.3 Å². The van der Waals surface area contributed by atoms with Gasteiger partial charge >= 0.3 is 6.16 Å². The Balaban J connectivity index is 1.79. The van der Waals surface area contributed by atoms with Crippen LogP contribution in [-0.4, -0.2) is 36.1 Å². The number of rotatable bonds is 3. The van der Waals surface area contributed by atoms with E-state index in [9.17, 15) is 9.90 Å². The quantitative estimate of drug-likeness (QED) is 0.840. The largest absolute Gasteiger partial charge is 0.508 e. The minimum Gasteiger partial charge on any atom is -0.433 e. The average Bonchev–Trinajstić information content (AvgIpc) is 2.46. The van der Waals surface area contributed by atoms with Crippen LogP contribution >= 0.6 is 0 Å². The van der Waals surface area contributed by atoms with Crippen molar-refractivity contribution in [3.8, 4) is 0 Å². The summed E-state index contributed by atoms with van der Waals surface area (Å²) in [4.78, 5) is 11.5. The molecule has 22 heavy (non-hydrogen) atoms. The third-order valence-electron chi connectivity index (χ3n) is 3.69. The molecule has 0 aromatic heterocycles. The molecule has 122 valence electrons. The molecule has 1 fully saturated rings. The summed E-state index contributed by atoms with van der Waals surface area (Å²) >= 11 is 0. The van der Waals surface area contributed by atoms with E-state index in [4.69, 9.17) is 9.47 Å². The highest BCUT2D eigenvalue weighted by Crippen LogP contribution is 2.29. The van der Waals surface area contributed by atoms with E-state index < -0.39 is 17.4 Å². The number of carbonyl (C=O) groups is 1. The Morgan fingerprint density at radius 3 is 2.59 bits per heavy atom. The third kappa shape index (κ3) is 4.71. The molecule has 0 saturated carbocycles. The van der Waals surface area contributed by atoms with Crippen LogP contribution in [0.5, 0.6) is 0 Å². The summed E-state index contributed by atoms with van der Waals surface area (Å²) in [5.74, 6) is 0. The summed E-state index contributed by atoms with van der Waals surface area (Å²) in [5.41, 5.74) is -0.497. The second-order valence-corrected chi connectivity index (χ2v) is 6.79. The maximum atomic E-state index is 11.5. The highest BCUT2D eigenvalue weighted by molar-refractivity contribution is 5.60. The van der Waals surface area contributed by atoms with Crippen LogP contribution in [0.25, 0.3) is 0 Å². The molecule has 1 aromatic carbocycles. The van der Waals surface area contributed by atoms with Gasteiger partial charge in [0.2, 0.25) is 0 Å². The zero-order valence-electron chi connectivity index (χ0n) is 13.5. The number of hydrogen-bond donors (Lipinski definition) is 2. The molecule has 1 aromatic rings. The summed E-state index contributed by atoms with van der Waals surface area (Å²) in [6.45, 7) is 6.09. The molecule has 1 aliphatic rings. The summed E-state index contributed by atoms with van der Waals surface area (Å²) in [6, 6.07) is 9.67. The van der Waals surface area contributed by atoms with E-state index in [0.29, 0.717) is 13.0 Å². The van der Waals surface area contributed by atoms with Gasteiger partial charge in [0.25, 0.3) is 0 Å². The maximum absolute atomic E-state index is 11.5. The zero-order valence-corrected chi connectivity index (χ0v) is 13.5. The second-order valence-electron chi connectivity index (χ2n) is 6.79. The molecule has 2 unspecified atom stereocenters. The van der Waals surface area contributed by atoms with Crippen LogP contribution in [0.2, 0.25) is 0 Å². The molecule has 2 N–H and O–H groups in total. The fourth-order valence-corrected chi connectivity index (χ4v) is 2.50. The van der Waals surface area contributed by atoms with Gasteiger partial charge in [-0.15, -0.1) is 0 Å². The number of ether oxygens (including phenoxy) is 2. The smallest absolute Gasteiger partial charge is 0.433 e. The molecule has 1 heterocycles. The van der Waals surface area contributed by atoms with Crippen molar-refractivity contribution in [2.24, 2.45) is 0 Å². The molecule has 5 nitrogen and oxygen atoms in total. The first-order valence-corrected chi connectivity index (χ1v) is 7.66. The van der Waals surface area contributed by atoms with Gasteiger partial charge < -0.3 is 19.9 Å². The highest BCUT2D eigenvalue weighted by atomic mass is 16.7. The van der Waals surface area contributed by atoms with Crippen LogP contribution in [0, 0.1) is 0 Å². The molecule has 2 atom stereocenters. The Morgan fingerprint density at radius 2 is 2.05 bits per heavy atom. The lowest BCUT2D eigenvalue weighted by atomic mass is 9.84. The molecular formula is C17H25NO4. The van der Waals surface area contributed by atoms with Gasteiger partial charge in [0.15, 0.2) is 0 Å². The second kappa shape index (κ2) is 6.67. The lowest BCUT2D eigenvalue weighted by Gasteiger charge is -2.37. The number of benzene rings is 1. The number of nitrogens with one attached hydrogen (secondary N) is 1. The van der Waals surface area contributed by atoms with Crippen molar-refractivity contribution >= 4 is 6.16 Å². The Hall–Kier alpha value is -1.59. The average molecular weight is 307 g/mol. The number of aliphatic hydroxyl groups is 1. The van der Waals surface area contributed by atoms with Gasteiger partial charge in [-0.05, 0) is 39.2 Å². The van der Waals surface area contributed by atoms with E-state index in [2.05, 4.69) is 5.32 Å². The van der Waals surface area contributed by atoms with Crippen molar-refractivity contribution in [2.75, 3.05) is 13.2 Å². The maximum Gasteiger partial charge on any atom is 0.508 e.